The van der Waals surface area contributed by atoms with E-state index in [9.17, 15) is 10.1 Å². The van der Waals surface area contributed by atoms with Crippen LogP contribution in [-0.4, -0.2) is 12.5 Å². The lowest BCUT2D eigenvalue weighted by atomic mass is 10.1. The van der Waals surface area contributed by atoms with Crippen molar-refractivity contribution in [2.75, 3.05) is 16.8 Å². The maximum Gasteiger partial charge on any atom is 0.244 e. The first-order chi connectivity index (χ1) is 9.69. The Morgan fingerprint density at radius 2 is 2.00 bits per heavy atom. The van der Waals surface area contributed by atoms with Crippen LogP contribution in [-0.2, 0) is 4.79 Å². The van der Waals surface area contributed by atoms with E-state index in [-0.39, 0.29) is 12.5 Å². The molecule has 98 valence electrons. The summed E-state index contributed by atoms with van der Waals surface area (Å²) >= 11 is 3.39. The van der Waals surface area contributed by atoms with Crippen LogP contribution in [0.4, 0.5) is 17.1 Å². The smallest absolute Gasteiger partial charge is 0.244 e. The van der Waals surface area contributed by atoms with Crippen molar-refractivity contribution in [3.05, 3.63) is 52.5 Å². The first-order valence-corrected chi connectivity index (χ1v) is 6.84. The minimum atomic E-state index is -0.0941. The molecule has 0 fully saturated rings. The molecule has 0 saturated carbocycles. The predicted octanol–water partition coefficient (Wildman–Crippen LogP) is 3.41. The summed E-state index contributed by atoms with van der Waals surface area (Å²) in [5, 5.41) is 12.1. The number of hydrogen-bond donors (Lipinski definition) is 1. The fourth-order valence-corrected chi connectivity index (χ4v) is 2.64. The Hall–Kier alpha value is -2.32. The van der Waals surface area contributed by atoms with Crippen LogP contribution in [0.3, 0.4) is 0 Å². The molecule has 20 heavy (non-hydrogen) atoms. The third-order valence-corrected chi connectivity index (χ3v) is 3.63. The van der Waals surface area contributed by atoms with Crippen LogP contribution >= 0.6 is 15.9 Å². The molecule has 5 heteroatoms. The van der Waals surface area contributed by atoms with Crippen molar-refractivity contribution >= 4 is 38.9 Å². The molecule has 4 nitrogen and oxygen atoms in total. The molecule has 1 heterocycles. The maximum absolute atomic E-state index is 11.9. The van der Waals surface area contributed by atoms with Gasteiger partial charge in [-0.1, -0.05) is 28.1 Å². The number of carbonyl (C=O) groups is 1. The van der Waals surface area contributed by atoms with Crippen LogP contribution in [0.15, 0.2) is 46.9 Å². The van der Waals surface area contributed by atoms with E-state index in [1.54, 1.807) is 6.07 Å². The molecule has 1 aliphatic rings. The largest absolute Gasteiger partial charge is 0.329 e. The molecule has 1 N–H and O–H groups in total. The van der Waals surface area contributed by atoms with E-state index in [1.807, 2.05) is 41.3 Å². The van der Waals surface area contributed by atoms with Gasteiger partial charge in [0.1, 0.15) is 12.6 Å². The van der Waals surface area contributed by atoms with Crippen LogP contribution in [0.2, 0.25) is 0 Å². The number of rotatable bonds is 1. The van der Waals surface area contributed by atoms with E-state index in [0.717, 1.165) is 21.5 Å². The summed E-state index contributed by atoms with van der Waals surface area (Å²) in [6.07, 6.45) is 0. The van der Waals surface area contributed by atoms with E-state index in [1.165, 1.54) is 0 Å². The average Bonchev–Trinajstić information content (AvgIpc) is 2.45. The lowest BCUT2D eigenvalue weighted by Gasteiger charge is -2.31. The highest BCUT2D eigenvalue weighted by molar-refractivity contribution is 9.10. The second-order valence-corrected chi connectivity index (χ2v) is 5.34. The Kier molecular flexibility index (Phi) is 3.17. The van der Waals surface area contributed by atoms with Crippen LogP contribution in [0.1, 0.15) is 5.56 Å². The molecule has 2 aromatic carbocycles. The summed E-state index contributed by atoms with van der Waals surface area (Å²) < 4.78 is 0.895. The number of nitriles is 1. The van der Waals surface area contributed by atoms with Gasteiger partial charge in [-0.15, -0.1) is 0 Å². The van der Waals surface area contributed by atoms with Crippen molar-refractivity contribution in [3.63, 3.8) is 0 Å². The number of anilines is 3. The molecule has 0 aliphatic carbocycles. The van der Waals surface area contributed by atoms with Crippen molar-refractivity contribution in [2.24, 2.45) is 0 Å². The lowest BCUT2D eigenvalue weighted by molar-refractivity contribution is -0.115. The van der Waals surface area contributed by atoms with Gasteiger partial charge < -0.3 is 10.2 Å². The van der Waals surface area contributed by atoms with E-state index >= 15 is 0 Å². The number of carbonyl (C=O) groups excluding carboxylic acids is 1. The molecule has 0 radical (unpaired) electrons. The van der Waals surface area contributed by atoms with Crippen molar-refractivity contribution in [3.8, 4) is 6.07 Å². The molecule has 0 aromatic heterocycles. The third kappa shape index (κ3) is 2.15. The molecule has 0 atom stereocenters. The van der Waals surface area contributed by atoms with Gasteiger partial charge in [-0.3, -0.25) is 4.79 Å². The van der Waals surface area contributed by atoms with E-state index in [0.29, 0.717) is 5.56 Å². The summed E-state index contributed by atoms with van der Waals surface area (Å²) in [5.41, 5.74) is 2.92. The molecule has 1 amide bonds. The molecular weight excluding hydrogens is 318 g/mol. The fraction of sp³-hybridized carbons (Fsp3) is 0.0667. The first-order valence-electron chi connectivity index (χ1n) is 6.05. The summed E-state index contributed by atoms with van der Waals surface area (Å²) in [7, 11) is 0. The lowest BCUT2D eigenvalue weighted by Crippen LogP contribution is -2.35. The van der Waals surface area contributed by atoms with Crippen molar-refractivity contribution in [1.82, 2.24) is 0 Å². The number of halogens is 1. The quantitative estimate of drug-likeness (QED) is 0.873. The fourth-order valence-electron chi connectivity index (χ4n) is 2.28. The highest BCUT2D eigenvalue weighted by Crippen LogP contribution is 2.37. The zero-order valence-electron chi connectivity index (χ0n) is 10.4. The van der Waals surface area contributed by atoms with Crippen LogP contribution in [0.5, 0.6) is 0 Å². The van der Waals surface area contributed by atoms with Crippen LogP contribution in [0, 0.1) is 11.3 Å². The number of hydrogen-bond acceptors (Lipinski definition) is 3. The Labute approximate surface area is 124 Å². The number of amides is 1. The second-order valence-electron chi connectivity index (χ2n) is 4.42. The van der Waals surface area contributed by atoms with Crippen LogP contribution < -0.4 is 10.2 Å². The van der Waals surface area contributed by atoms with Gasteiger partial charge in [0.15, 0.2) is 0 Å². The van der Waals surface area contributed by atoms with Crippen LogP contribution in [0.25, 0.3) is 0 Å². The first kappa shape index (κ1) is 12.7. The predicted molar refractivity (Wildman–Crippen MR) is 80.9 cm³/mol. The zero-order chi connectivity index (χ0) is 14.1. The Morgan fingerprint density at radius 3 is 2.80 bits per heavy atom. The van der Waals surface area contributed by atoms with Crippen molar-refractivity contribution < 1.29 is 4.79 Å². The Bertz CT molecular complexity index is 736. The van der Waals surface area contributed by atoms with E-state index in [4.69, 9.17) is 0 Å². The highest BCUT2D eigenvalue weighted by atomic mass is 79.9. The molecule has 0 saturated heterocycles. The molecule has 1 aliphatic heterocycles. The standard InChI is InChI=1S/C15H10BrN3O/c16-11-5-6-14-12(7-11)18-15(20)9-19(14)13-4-2-1-3-10(13)8-17/h1-7H,9H2,(H,18,20). The molecule has 2 aromatic rings. The normalized spacial score (nSPS) is 13.4. The van der Waals surface area contributed by atoms with Gasteiger partial charge >= 0.3 is 0 Å². The van der Waals surface area contributed by atoms with Gasteiger partial charge in [0, 0.05) is 4.47 Å². The van der Waals surface area contributed by atoms with Gasteiger partial charge in [-0.25, -0.2) is 0 Å². The highest BCUT2D eigenvalue weighted by Gasteiger charge is 2.24. The van der Waals surface area contributed by atoms with Gasteiger partial charge in [0.05, 0.1) is 22.6 Å². The van der Waals surface area contributed by atoms with Crippen molar-refractivity contribution in [1.29, 1.82) is 5.26 Å². The molecule has 0 spiro atoms. The third-order valence-electron chi connectivity index (χ3n) is 3.14. The number of benzene rings is 2. The monoisotopic (exact) mass is 327 g/mol. The molecule has 0 unspecified atom stereocenters. The Morgan fingerprint density at radius 1 is 1.20 bits per heavy atom. The second kappa shape index (κ2) is 4.99. The maximum atomic E-state index is 11.9. The summed E-state index contributed by atoms with van der Waals surface area (Å²) in [6.45, 7) is 0.202. The Balaban J connectivity index is 2.16. The van der Waals surface area contributed by atoms with E-state index in [2.05, 4.69) is 27.3 Å². The summed E-state index contributed by atoms with van der Waals surface area (Å²) in [4.78, 5) is 13.7. The summed E-state index contributed by atoms with van der Waals surface area (Å²) in [6, 6.07) is 15.1. The topological polar surface area (TPSA) is 56.1 Å². The van der Waals surface area contributed by atoms with E-state index < -0.39 is 0 Å². The SMILES string of the molecule is N#Cc1ccccc1N1CC(=O)Nc2cc(Br)ccc21. The number of para-hydroxylation sites is 1. The molecular formula is C15H10BrN3O. The minimum absolute atomic E-state index is 0.0941. The summed E-state index contributed by atoms with van der Waals surface area (Å²) in [5.74, 6) is -0.0941. The van der Waals surface area contributed by atoms with Gasteiger partial charge in [-0.2, -0.15) is 5.26 Å². The number of fused-ring (bicyclic) bond motifs is 1. The molecule has 0 bridgehead atoms. The van der Waals surface area contributed by atoms with Crippen molar-refractivity contribution in [2.45, 2.75) is 0 Å². The number of nitrogens with one attached hydrogen (secondary N) is 1. The average molecular weight is 328 g/mol. The van der Waals surface area contributed by atoms with Gasteiger partial charge in [-0.05, 0) is 30.3 Å². The van der Waals surface area contributed by atoms with Gasteiger partial charge in [0.2, 0.25) is 5.91 Å². The molecule has 3 rings (SSSR count). The van der Waals surface area contributed by atoms with Gasteiger partial charge in [0.25, 0.3) is 0 Å². The zero-order valence-corrected chi connectivity index (χ0v) is 12.0. The number of nitrogens with zero attached hydrogens (tertiary/aromatic N) is 2. The minimum Gasteiger partial charge on any atom is -0.329 e.